The predicted octanol–water partition coefficient (Wildman–Crippen LogP) is 6.33. The molecule has 1 aliphatic carbocycles. The minimum Gasteiger partial charge on any atom is -0.352 e. The molecule has 0 aliphatic heterocycles. The van der Waals surface area contributed by atoms with E-state index in [0.717, 1.165) is 52.2 Å². The maximum Gasteiger partial charge on any atom is 0.264 e. The van der Waals surface area contributed by atoms with Gasteiger partial charge in [-0.05, 0) is 93.1 Å². The van der Waals surface area contributed by atoms with Crippen LogP contribution in [0.15, 0.2) is 71.6 Å². The molecule has 0 aromatic heterocycles. The molecule has 2 amide bonds. The number of hydrogen-bond acceptors (Lipinski definition) is 4. The number of nitrogens with zero attached hydrogens (tertiary/aromatic N) is 2. The van der Waals surface area contributed by atoms with E-state index >= 15 is 0 Å². The maximum atomic E-state index is 14.3. The Kier molecular flexibility index (Phi) is 10.3. The Morgan fingerprint density at radius 2 is 1.50 bits per heavy atom. The van der Waals surface area contributed by atoms with Gasteiger partial charge in [0.15, 0.2) is 0 Å². The fourth-order valence-electron chi connectivity index (χ4n) is 5.53. The third-order valence-corrected chi connectivity index (χ3v) is 9.78. The molecule has 42 heavy (non-hydrogen) atoms. The number of anilines is 1. The molecule has 1 fully saturated rings. The van der Waals surface area contributed by atoms with Crippen LogP contribution in [0.3, 0.4) is 0 Å². The molecule has 0 unspecified atom stereocenters. The summed E-state index contributed by atoms with van der Waals surface area (Å²) >= 11 is 6.11. The second-order valence-electron chi connectivity index (χ2n) is 11.2. The van der Waals surface area contributed by atoms with E-state index in [0.29, 0.717) is 17.1 Å². The van der Waals surface area contributed by atoms with E-state index in [2.05, 4.69) is 5.32 Å². The number of sulfonamides is 1. The Bertz CT molecular complexity index is 1480. The quantitative estimate of drug-likeness (QED) is 0.275. The zero-order valence-corrected chi connectivity index (χ0v) is 26.3. The van der Waals surface area contributed by atoms with Gasteiger partial charge in [-0.15, -0.1) is 0 Å². The smallest absolute Gasteiger partial charge is 0.264 e. The number of halogens is 1. The topological polar surface area (TPSA) is 86.8 Å². The number of benzene rings is 3. The highest BCUT2D eigenvalue weighted by atomic mass is 35.5. The van der Waals surface area contributed by atoms with Gasteiger partial charge in [-0.1, -0.05) is 67.3 Å². The summed E-state index contributed by atoms with van der Waals surface area (Å²) in [7, 11) is -4.11. The zero-order chi connectivity index (χ0) is 30.4. The highest BCUT2D eigenvalue weighted by molar-refractivity contribution is 7.92. The highest BCUT2D eigenvalue weighted by Gasteiger charge is 2.34. The Labute approximate surface area is 254 Å². The highest BCUT2D eigenvalue weighted by Crippen LogP contribution is 2.27. The fourth-order valence-corrected chi connectivity index (χ4v) is 7.06. The van der Waals surface area contributed by atoms with E-state index in [1.807, 2.05) is 45.9 Å². The lowest BCUT2D eigenvalue weighted by molar-refractivity contribution is -0.140. The standard InChI is InChI=1S/C33H40ClN3O4S/c1-5-31(33(39)35-28-8-6-7-9-28)36(21-26-12-14-27(34)15-13-26)32(38)22-37(29-19-24(3)18-25(4)20-29)42(40,41)30-16-10-23(2)11-17-30/h10-20,28,31H,5-9,21-22H2,1-4H3,(H,35,39)/t31-/m1/s1. The molecule has 224 valence electrons. The largest absolute Gasteiger partial charge is 0.352 e. The van der Waals surface area contributed by atoms with E-state index in [9.17, 15) is 18.0 Å². The normalized spacial score (nSPS) is 14.4. The van der Waals surface area contributed by atoms with Gasteiger partial charge in [0.25, 0.3) is 10.0 Å². The maximum absolute atomic E-state index is 14.3. The van der Waals surface area contributed by atoms with Crippen LogP contribution in [0.25, 0.3) is 0 Å². The molecule has 1 aliphatic rings. The number of hydrogen-bond donors (Lipinski definition) is 1. The van der Waals surface area contributed by atoms with Gasteiger partial charge >= 0.3 is 0 Å². The number of aryl methyl sites for hydroxylation is 3. The van der Waals surface area contributed by atoms with Crippen LogP contribution in [0.4, 0.5) is 5.69 Å². The molecule has 3 aromatic carbocycles. The van der Waals surface area contributed by atoms with E-state index in [1.165, 1.54) is 4.90 Å². The van der Waals surface area contributed by atoms with Crippen molar-refractivity contribution in [3.63, 3.8) is 0 Å². The second-order valence-corrected chi connectivity index (χ2v) is 13.5. The minimum absolute atomic E-state index is 0.0905. The van der Waals surface area contributed by atoms with Crippen molar-refractivity contribution in [1.29, 1.82) is 0 Å². The monoisotopic (exact) mass is 609 g/mol. The van der Waals surface area contributed by atoms with E-state index in [1.54, 1.807) is 48.5 Å². The van der Waals surface area contributed by atoms with Crippen molar-refractivity contribution in [3.8, 4) is 0 Å². The molecule has 1 atom stereocenters. The first-order chi connectivity index (χ1) is 20.0. The summed E-state index contributed by atoms with van der Waals surface area (Å²) in [5.41, 5.74) is 3.87. The average molecular weight is 610 g/mol. The molecule has 0 saturated heterocycles. The Morgan fingerprint density at radius 1 is 0.905 bits per heavy atom. The van der Waals surface area contributed by atoms with Crippen LogP contribution in [-0.2, 0) is 26.2 Å². The van der Waals surface area contributed by atoms with Gasteiger partial charge in [-0.2, -0.15) is 0 Å². The molecule has 1 N–H and O–H groups in total. The number of carbonyl (C=O) groups excluding carboxylic acids is 2. The molecule has 1 saturated carbocycles. The van der Waals surface area contributed by atoms with Crippen LogP contribution >= 0.6 is 11.6 Å². The number of nitrogens with one attached hydrogen (secondary N) is 1. The number of rotatable bonds is 11. The molecular formula is C33H40ClN3O4S. The van der Waals surface area contributed by atoms with Crippen molar-refractivity contribution in [1.82, 2.24) is 10.2 Å². The lowest BCUT2D eigenvalue weighted by Gasteiger charge is -2.34. The van der Waals surface area contributed by atoms with Crippen molar-refractivity contribution in [2.24, 2.45) is 0 Å². The Hall–Kier alpha value is -3.36. The summed E-state index contributed by atoms with van der Waals surface area (Å²) in [4.78, 5) is 29.4. The van der Waals surface area contributed by atoms with Crippen LogP contribution in [-0.4, -0.2) is 43.8 Å². The SMILES string of the molecule is CC[C@H](C(=O)NC1CCCC1)N(Cc1ccc(Cl)cc1)C(=O)CN(c1cc(C)cc(C)c1)S(=O)(=O)c1ccc(C)cc1. The lowest BCUT2D eigenvalue weighted by atomic mass is 10.1. The second kappa shape index (κ2) is 13.7. The van der Waals surface area contributed by atoms with Gasteiger partial charge < -0.3 is 10.2 Å². The average Bonchev–Trinajstić information content (AvgIpc) is 3.45. The molecule has 0 bridgehead atoms. The van der Waals surface area contributed by atoms with Gasteiger partial charge in [0, 0.05) is 17.6 Å². The van der Waals surface area contributed by atoms with E-state index in [4.69, 9.17) is 11.6 Å². The van der Waals surface area contributed by atoms with Gasteiger partial charge in [-0.25, -0.2) is 8.42 Å². The van der Waals surface area contributed by atoms with Gasteiger partial charge in [-0.3, -0.25) is 13.9 Å². The molecular weight excluding hydrogens is 570 g/mol. The van der Waals surface area contributed by atoms with Gasteiger partial charge in [0.2, 0.25) is 11.8 Å². The first-order valence-electron chi connectivity index (χ1n) is 14.5. The van der Waals surface area contributed by atoms with Crippen molar-refractivity contribution in [2.45, 2.75) is 83.3 Å². The third-order valence-electron chi connectivity index (χ3n) is 7.74. The zero-order valence-electron chi connectivity index (χ0n) is 24.8. The summed E-state index contributed by atoms with van der Waals surface area (Å²) in [6, 6.07) is 18.5. The number of carbonyl (C=O) groups is 2. The van der Waals surface area contributed by atoms with E-state index in [-0.39, 0.29) is 23.4 Å². The first-order valence-corrected chi connectivity index (χ1v) is 16.3. The van der Waals surface area contributed by atoms with Crippen LogP contribution in [0.5, 0.6) is 0 Å². The third kappa shape index (κ3) is 7.72. The molecule has 0 spiro atoms. The van der Waals surface area contributed by atoms with E-state index < -0.39 is 28.5 Å². The summed E-state index contributed by atoms with van der Waals surface area (Å²) in [5.74, 6) is -0.681. The van der Waals surface area contributed by atoms with Crippen molar-refractivity contribution in [3.05, 3.63) is 94.0 Å². The minimum atomic E-state index is -4.11. The van der Waals surface area contributed by atoms with Gasteiger partial charge in [0.05, 0.1) is 10.6 Å². The summed E-state index contributed by atoms with van der Waals surface area (Å²) < 4.78 is 29.3. The Balaban J connectivity index is 1.73. The predicted molar refractivity (Wildman–Crippen MR) is 168 cm³/mol. The van der Waals surface area contributed by atoms with Crippen molar-refractivity contribution >= 4 is 39.1 Å². The van der Waals surface area contributed by atoms with Crippen LogP contribution in [0, 0.1) is 20.8 Å². The van der Waals surface area contributed by atoms with Crippen LogP contribution < -0.4 is 9.62 Å². The molecule has 3 aromatic rings. The van der Waals surface area contributed by atoms with Gasteiger partial charge in [0.1, 0.15) is 12.6 Å². The number of amides is 2. The van der Waals surface area contributed by atoms with Crippen LogP contribution in [0.1, 0.15) is 61.3 Å². The Morgan fingerprint density at radius 3 is 2.07 bits per heavy atom. The lowest BCUT2D eigenvalue weighted by Crippen LogP contribution is -2.53. The molecule has 0 heterocycles. The first kappa shape index (κ1) is 31.6. The van der Waals surface area contributed by atoms with Crippen LogP contribution in [0.2, 0.25) is 5.02 Å². The van der Waals surface area contributed by atoms with Crippen molar-refractivity contribution < 1.29 is 18.0 Å². The summed E-state index contributed by atoms with van der Waals surface area (Å²) in [5, 5.41) is 3.70. The molecule has 7 nitrogen and oxygen atoms in total. The molecule has 9 heteroatoms. The molecule has 4 rings (SSSR count). The summed E-state index contributed by atoms with van der Waals surface area (Å²) in [6.07, 6.45) is 4.35. The van der Waals surface area contributed by atoms with Crippen molar-refractivity contribution in [2.75, 3.05) is 10.8 Å². The fraction of sp³-hybridized carbons (Fsp3) is 0.394. The summed E-state index contributed by atoms with van der Waals surface area (Å²) in [6.45, 7) is 7.21. The molecule has 0 radical (unpaired) electrons.